The molecule has 5 aromatic rings. The molecule has 0 bridgehead atoms. The average Bonchev–Trinajstić information content (AvgIpc) is 3.64. The van der Waals surface area contributed by atoms with E-state index in [9.17, 15) is 0 Å². The van der Waals surface area contributed by atoms with Crippen LogP contribution in [0.2, 0.25) is 9.20 Å². The third-order valence-corrected chi connectivity index (χ3v) is 15.4. The number of hydrogen-bond donors (Lipinski definition) is 0. The van der Waals surface area contributed by atoms with Gasteiger partial charge in [0.2, 0.25) is 0 Å². The Hall–Kier alpha value is -2.74. The molecule has 2 heteroatoms. The minimum absolute atomic E-state index is 0.445. The summed E-state index contributed by atoms with van der Waals surface area (Å²) >= 11 is 5.28. The second kappa shape index (κ2) is 16.8. The molecule has 2 aliphatic rings. The molecule has 0 heterocycles. The van der Waals surface area contributed by atoms with Crippen LogP contribution < -0.4 is 3.32 Å². The van der Waals surface area contributed by atoms with Crippen molar-refractivity contribution in [1.29, 1.82) is 0 Å². The van der Waals surface area contributed by atoms with Crippen LogP contribution in [0.5, 0.6) is 0 Å². The summed E-state index contributed by atoms with van der Waals surface area (Å²) in [4.78, 5) is 0. The summed E-state index contributed by atoms with van der Waals surface area (Å²) in [6.45, 7) is 9.62. The van der Waals surface area contributed by atoms with Gasteiger partial charge in [-0.3, -0.25) is 0 Å². The van der Waals surface area contributed by atoms with Crippen molar-refractivity contribution < 1.29 is 22.9 Å². The van der Waals surface area contributed by atoms with Crippen molar-refractivity contribution in [3.05, 3.63) is 155 Å². The quantitative estimate of drug-likeness (QED) is 0.104. The first-order valence-corrected chi connectivity index (χ1v) is 23.0. The molecular weight excluding hydrogens is 766 g/mol. The predicted octanol–water partition coefficient (Wildman–Crippen LogP) is 13.0. The first kappa shape index (κ1) is 35.1. The van der Waals surface area contributed by atoms with E-state index in [2.05, 4.69) is 130 Å². The molecule has 0 nitrogen and oxygen atoms in total. The van der Waals surface area contributed by atoms with E-state index in [1.165, 1.54) is 66.7 Å². The van der Waals surface area contributed by atoms with E-state index >= 15 is 0 Å². The Kier molecular flexibility index (Phi) is 12.3. The summed E-state index contributed by atoms with van der Waals surface area (Å²) < 4.78 is 2.95. The molecule has 0 amide bonds. The first-order chi connectivity index (χ1) is 23.7. The zero-order chi connectivity index (χ0) is 33.5. The van der Waals surface area contributed by atoms with E-state index in [-0.39, 0.29) is 0 Å². The van der Waals surface area contributed by atoms with Crippen molar-refractivity contribution in [2.75, 3.05) is 0 Å². The third kappa shape index (κ3) is 7.25. The number of halogens is 1. The fraction of sp³-hybridized carbons (Fsp3) is 0.326. The minimum Gasteiger partial charge on any atom is -0.0654 e. The van der Waals surface area contributed by atoms with Crippen LogP contribution in [-0.2, 0) is 35.7 Å². The van der Waals surface area contributed by atoms with E-state index in [1.807, 2.05) is 0 Å². The summed E-state index contributed by atoms with van der Waals surface area (Å²) in [7, 11) is 0. The number of unbranched alkanes of at least 4 members (excludes halogenated alkanes) is 2. The maximum Gasteiger partial charge on any atom is -0.0564 e. The zero-order valence-electron chi connectivity index (χ0n) is 29.1. The van der Waals surface area contributed by atoms with Crippen molar-refractivity contribution in [3.63, 3.8) is 0 Å². The number of benzene rings is 5. The molecule has 2 aliphatic carbocycles. The SMILES string of the molecule is CCCCc1cccc2c1-c1ccccc1C2CC(C[CH2][Hf][c]1ccc(Cl)cc1)C1c2ccccc2-c2c(CCCC)cccc21.[CH2]C. The standard InChI is InChI=1S/C38H41.C6H4Cl.C2H5.Hf/c1-4-7-15-27-17-13-23-33-35(29-19-9-10-20-30(29)37(27)33)25-26(6-3)36-31-21-11-12-22-32(31)38-28(16-8-5-2)18-14-24-34(36)38;7-6-4-2-1-3-5-6;1-2;/h9-14,17-24,26,35-36H,3-8,15-16,25H2,1-2H3;2-5H;1H2,2H3;. The van der Waals surface area contributed by atoms with Crippen LogP contribution in [0.4, 0.5) is 0 Å². The summed E-state index contributed by atoms with van der Waals surface area (Å²) in [5.41, 5.74) is 15.4. The summed E-state index contributed by atoms with van der Waals surface area (Å²) in [5, 5.41) is 0.847. The van der Waals surface area contributed by atoms with Gasteiger partial charge in [0.25, 0.3) is 0 Å². The van der Waals surface area contributed by atoms with Crippen molar-refractivity contribution in [1.82, 2.24) is 0 Å². The molecule has 3 atom stereocenters. The molecule has 7 rings (SSSR count). The molecule has 0 saturated heterocycles. The Morgan fingerprint density at radius 3 is 1.81 bits per heavy atom. The molecule has 1 radical (unpaired) electrons. The monoisotopic (exact) mass is 817 g/mol. The van der Waals surface area contributed by atoms with Gasteiger partial charge < -0.3 is 0 Å². The molecule has 0 N–H and O–H groups in total. The summed E-state index contributed by atoms with van der Waals surface area (Å²) in [5.74, 6) is 1.47. The predicted molar refractivity (Wildman–Crippen MR) is 204 cm³/mol. The molecule has 3 unspecified atom stereocenters. The summed E-state index contributed by atoms with van der Waals surface area (Å²) in [6, 6.07) is 42.0. The second-order valence-electron chi connectivity index (χ2n) is 13.4. The van der Waals surface area contributed by atoms with E-state index < -0.39 is 22.9 Å². The fourth-order valence-electron chi connectivity index (χ4n) is 8.41. The van der Waals surface area contributed by atoms with Crippen molar-refractivity contribution in [3.8, 4) is 22.3 Å². The smallest absolute Gasteiger partial charge is 0.0564 e. The fourth-order valence-corrected chi connectivity index (χ4v) is 12.9. The van der Waals surface area contributed by atoms with E-state index in [4.69, 9.17) is 11.6 Å². The second-order valence-corrected chi connectivity index (χ2v) is 19.0. The largest absolute Gasteiger partial charge is 0.0654 e. The topological polar surface area (TPSA) is 0 Å². The molecule has 5 aromatic carbocycles. The third-order valence-electron chi connectivity index (χ3n) is 10.5. The molecule has 0 fully saturated rings. The van der Waals surface area contributed by atoms with Crippen molar-refractivity contribution in [2.24, 2.45) is 5.92 Å². The Bertz CT molecular complexity index is 1800. The molecule has 0 aromatic heterocycles. The van der Waals surface area contributed by atoms with Gasteiger partial charge in [-0.25, -0.2) is 0 Å². The Labute approximate surface area is 306 Å². The molecule has 0 aliphatic heterocycles. The van der Waals surface area contributed by atoms with Crippen LogP contribution in [0, 0.1) is 12.8 Å². The number of aryl methyl sites for hydroxylation is 2. The van der Waals surface area contributed by atoms with Crippen LogP contribution >= 0.6 is 11.6 Å². The molecule has 0 saturated carbocycles. The van der Waals surface area contributed by atoms with Crippen molar-refractivity contribution >= 4 is 14.9 Å². The van der Waals surface area contributed by atoms with Crippen LogP contribution in [0.15, 0.2) is 109 Å². The van der Waals surface area contributed by atoms with Gasteiger partial charge in [-0.15, -0.1) is 0 Å². The number of rotatable bonds is 13. The minimum atomic E-state index is -0.983. The molecule has 48 heavy (non-hydrogen) atoms. The van der Waals surface area contributed by atoms with Crippen molar-refractivity contribution in [2.45, 2.75) is 88.2 Å². The number of hydrogen-bond acceptors (Lipinski definition) is 0. The Morgan fingerprint density at radius 1 is 0.625 bits per heavy atom. The maximum absolute atomic E-state index is 6.26. The van der Waals surface area contributed by atoms with Gasteiger partial charge >= 0.3 is 295 Å². The van der Waals surface area contributed by atoms with Gasteiger partial charge in [0.15, 0.2) is 0 Å². The number of fused-ring (bicyclic) bond motifs is 6. The van der Waals surface area contributed by atoms with Crippen LogP contribution in [0.25, 0.3) is 22.3 Å². The van der Waals surface area contributed by atoms with Gasteiger partial charge in [0, 0.05) is 0 Å². The maximum atomic E-state index is 6.26. The van der Waals surface area contributed by atoms with E-state index in [0.717, 1.165) is 5.02 Å². The van der Waals surface area contributed by atoms with Gasteiger partial charge in [-0.05, 0) is 0 Å². The average molecular weight is 817 g/mol. The van der Waals surface area contributed by atoms with Gasteiger partial charge in [0.1, 0.15) is 0 Å². The van der Waals surface area contributed by atoms with Crippen LogP contribution in [0.1, 0.15) is 105 Å². The molecular formula is C46H50ClHf. The van der Waals surface area contributed by atoms with E-state index in [0.29, 0.717) is 17.8 Å². The van der Waals surface area contributed by atoms with Crippen LogP contribution in [0.3, 0.4) is 0 Å². The Morgan fingerprint density at radius 2 is 1.17 bits per heavy atom. The van der Waals surface area contributed by atoms with E-state index in [1.54, 1.807) is 54.8 Å². The summed E-state index contributed by atoms with van der Waals surface area (Å²) in [6.07, 6.45) is 9.78. The zero-order valence-corrected chi connectivity index (χ0v) is 33.4. The van der Waals surface area contributed by atoms with Gasteiger partial charge in [0.05, 0.1) is 0 Å². The first-order valence-electron chi connectivity index (χ1n) is 18.3. The normalized spacial score (nSPS) is 15.9. The molecule has 0 spiro atoms. The molecule has 245 valence electrons. The van der Waals surface area contributed by atoms with Gasteiger partial charge in [-0.1, -0.05) is 13.8 Å². The Balaban J connectivity index is 0.00000197. The van der Waals surface area contributed by atoms with Crippen LogP contribution in [-0.4, -0.2) is 0 Å². The van der Waals surface area contributed by atoms with Gasteiger partial charge in [-0.2, -0.15) is 0 Å².